The Labute approximate surface area is 156 Å². The molecule has 2 heterocycles. The second kappa shape index (κ2) is 7.09. The van der Waals surface area contributed by atoms with E-state index in [4.69, 9.17) is 16.6 Å². The summed E-state index contributed by atoms with van der Waals surface area (Å²) in [4.78, 5) is 18.2. The summed E-state index contributed by atoms with van der Waals surface area (Å²) < 4.78 is 2.20. The molecule has 1 aromatic heterocycles. The summed E-state index contributed by atoms with van der Waals surface area (Å²) in [5, 5.41) is 9.90. The molecule has 5 nitrogen and oxygen atoms in total. The number of imidazole rings is 1. The van der Waals surface area contributed by atoms with E-state index in [-0.39, 0.29) is 5.92 Å². The van der Waals surface area contributed by atoms with Gasteiger partial charge in [0.05, 0.1) is 23.5 Å². The minimum atomic E-state index is -0.711. The third kappa shape index (κ3) is 3.45. The van der Waals surface area contributed by atoms with Crippen LogP contribution in [-0.2, 0) is 17.9 Å². The molecule has 6 heteroatoms. The molecule has 134 valence electrons. The Morgan fingerprint density at radius 1 is 1.19 bits per heavy atom. The van der Waals surface area contributed by atoms with Crippen molar-refractivity contribution in [3.8, 4) is 0 Å². The van der Waals surface area contributed by atoms with E-state index in [0.29, 0.717) is 24.5 Å². The highest BCUT2D eigenvalue weighted by Gasteiger charge is 2.29. The second-order valence-corrected chi connectivity index (χ2v) is 7.23. The van der Waals surface area contributed by atoms with E-state index in [1.165, 1.54) is 5.56 Å². The van der Waals surface area contributed by atoms with Gasteiger partial charge in [-0.2, -0.15) is 0 Å². The van der Waals surface area contributed by atoms with Gasteiger partial charge in [0.15, 0.2) is 0 Å². The number of carboxylic acids is 1. The smallest absolute Gasteiger partial charge is 0.307 e. The van der Waals surface area contributed by atoms with Crippen molar-refractivity contribution in [3.05, 3.63) is 64.9 Å². The van der Waals surface area contributed by atoms with Gasteiger partial charge < -0.3 is 9.67 Å². The number of rotatable bonds is 5. The van der Waals surface area contributed by atoms with E-state index < -0.39 is 5.97 Å². The molecular weight excluding hydrogens is 350 g/mol. The fourth-order valence-corrected chi connectivity index (χ4v) is 3.76. The molecule has 1 N–H and O–H groups in total. The summed E-state index contributed by atoms with van der Waals surface area (Å²) in [5.74, 6) is -0.0503. The lowest BCUT2D eigenvalue weighted by Crippen LogP contribution is -2.24. The van der Waals surface area contributed by atoms with E-state index in [2.05, 4.69) is 21.6 Å². The molecule has 1 saturated heterocycles. The first-order valence-corrected chi connectivity index (χ1v) is 9.12. The van der Waals surface area contributed by atoms with Crippen molar-refractivity contribution in [2.45, 2.75) is 19.5 Å². The van der Waals surface area contributed by atoms with Gasteiger partial charge >= 0.3 is 5.97 Å². The van der Waals surface area contributed by atoms with E-state index in [1.807, 2.05) is 36.4 Å². The molecule has 1 unspecified atom stereocenters. The van der Waals surface area contributed by atoms with Gasteiger partial charge in [0, 0.05) is 18.1 Å². The van der Waals surface area contributed by atoms with Crippen molar-refractivity contribution in [2.24, 2.45) is 5.92 Å². The SMILES string of the molecule is O=C(O)C1CCN(Cc2nc3cc(Cl)ccc3n2Cc2ccccc2)C1. The van der Waals surface area contributed by atoms with Crippen LogP contribution in [0.3, 0.4) is 0 Å². The molecule has 0 radical (unpaired) electrons. The van der Waals surface area contributed by atoms with Gasteiger partial charge in [-0.1, -0.05) is 41.9 Å². The van der Waals surface area contributed by atoms with Crippen LogP contribution >= 0.6 is 11.6 Å². The quantitative estimate of drug-likeness (QED) is 0.745. The van der Waals surface area contributed by atoms with Gasteiger partial charge in [-0.05, 0) is 36.7 Å². The van der Waals surface area contributed by atoms with Crippen LogP contribution < -0.4 is 0 Å². The Bertz CT molecular complexity index is 939. The monoisotopic (exact) mass is 369 g/mol. The van der Waals surface area contributed by atoms with Gasteiger partial charge in [0.2, 0.25) is 0 Å². The van der Waals surface area contributed by atoms with Crippen molar-refractivity contribution in [3.63, 3.8) is 0 Å². The maximum absolute atomic E-state index is 11.2. The van der Waals surface area contributed by atoms with Crippen LogP contribution in [0.5, 0.6) is 0 Å². The van der Waals surface area contributed by atoms with Crippen LogP contribution in [0.4, 0.5) is 0 Å². The van der Waals surface area contributed by atoms with E-state index >= 15 is 0 Å². The largest absolute Gasteiger partial charge is 0.481 e. The summed E-state index contributed by atoms with van der Waals surface area (Å²) in [6.45, 7) is 2.73. The minimum Gasteiger partial charge on any atom is -0.481 e. The van der Waals surface area contributed by atoms with Crippen molar-refractivity contribution in [2.75, 3.05) is 13.1 Å². The number of aliphatic carboxylic acids is 1. The first-order chi connectivity index (χ1) is 12.6. The number of hydrogen-bond acceptors (Lipinski definition) is 3. The molecular formula is C20H20ClN3O2. The summed E-state index contributed by atoms with van der Waals surface area (Å²) in [5.41, 5.74) is 3.12. The van der Waals surface area contributed by atoms with Crippen LogP contribution in [0.1, 0.15) is 17.8 Å². The predicted octanol–water partition coefficient (Wildman–Crippen LogP) is 3.64. The third-order valence-electron chi connectivity index (χ3n) is 4.96. The molecule has 1 fully saturated rings. The zero-order valence-electron chi connectivity index (χ0n) is 14.3. The molecule has 1 aliphatic heterocycles. The molecule has 0 aliphatic carbocycles. The lowest BCUT2D eigenvalue weighted by Gasteiger charge is -2.16. The standard InChI is InChI=1S/C20H20ClN3O2/c21-16-6-7-18-17(10-16)22-19(13-23-9-8-15(12-23)20(25)26)24(18)11-14-4-2-1-3-5-14/h1-7,10,15H,8-9,11-13H2,(H,25,26). The number of fused-ring (bicyclic) bond motifs is 1. The van der Waals surface area contributed by atoms with Crippen LogP contribution in [0.25, 0.3) is 11.0 Å². The van der Waals surface area contributed by atoms with Gasteiger partial charge in [0.1, 0.15) is 5.82 Å². The predicted molar refractivity (Wildman–Crippen MR) is 101 cm³/mol. The number of aromatic nitrogens is 2. The maximum Gasteiger partial charge on any atom is 0.307 e. The molecule has 0 bridgehead atoms. The Morgan fingerprint density at radius 3 is 2.73 bits per heavy atom. The Hall–Kier alpha value is -2.37. The first kappa shape index (κ1) is 17.1. The number of carboxylic acid groups (broad SMARTS) is 1. The molecule has 1 atom stereocenters. The summed E-state index contributed by atoms with van der Waals surface area (Å²) in [6.07, 6.45) is 0.695. The Balaban J connectivity index is 1.66. The van der Waals surface area contributed by atoms with Crippen LogP contribution in [-0.4, -0.2) is 38.6 Å². The topological polar surface area (TPSA) is 58.4 Å². The highest BCUT2D eigenvalue weighted by molar-refractivity contribution is 6.31. The molecule has 3 aromatic rings. The lowest BCUT2D eigenvalue weighted by molar-refractivity contribution is -0.141. The van der Waals surface area contributed by atoms with E-state index in [1.54, 1.807) is 0 Å². The van der Waals surface area contributed by atoms with Crippen LogP contribution in [0.2, 0.25) is 5.02 Å². The number of halogens is 1. The fourth-order valence-electron chi connectivity index (χ4n) is 3.59. The van der Waals surface area contributed by atoms with E-state index in [0.717, 1.165) is 29.9 Å². The first-order valence-electron chi connectivity index (χ1n) is 8.74. The van der Waals surface area contributed by atoms with Gasteiger partial charge in [-0.3, -0.25) is 9.69 Å². The highest BCUT2D eigenvalue weighted by Crippen LogP contribution is 2.24. The number of benzene rings is 2. The Morgan fingerprint density at radius 2 is 2.00 bits per heavy atom. The van der Waals surface area contributed by atoms with Crippen LogP contribution in [0, 0.1) is 5.92 Å². The molecule has 4 rings (SSSR count). The lowest BCUT2D eigenvalue weighted by atomic mass is 10.1. The summed E-state index contributed by atoms with van der Waals surface area (Å²) in [7, 11) is 0. The minimum absolute atomic E-state index is 0.281. The third-order valence-corrected chi connectivity index (χ3v) is 5.19. The number of carbonyl (C=O) groups is 1. The fraction of sp³-hybridized carbons (Fsp3) is 0.300. The van der Waals surface area contributed by atoms with Gasteiger partial charge in [-0.25, -0.2) is 4.98 Å². The molecule has 0 amide bonds. The zero-order chi connectivity index (χ0) is 18.1. The maximum atomic E-state index is 11.2. The normalized spacial score (nSPS) is 17.8. The van der Waals surface area contributed by atoms with Crippen LogP contribution in [0.15, 0.2) is 48.5 Å². The van der Waals surface area contributed by atoms with Crippen molar-refractivity contribution >= 4 is 28.6 Å². The van der Waals surface area contributed by atoms with Crippen molar-refractivity contribution in [1.29, 1.82) is 0 Å². The van der Waals surface area contributed by atoms with E-state index in [9.17, 15) is 9.90 Å². The molecule has 1 aliphatic rings. The molecule has 0 spiro atoms. The molecule has 0 saturated carbocycles. The number of likely N-dealkylation sites (tertiary alicyclic amines) is 1. The average Bonchev–Trinajstić information content (AvgIpc) is 3.21. The molecule has 26 heavy (non-hydrogen) atoms. The van der Waals surface area contributed by atoms with Crippen molar-refractivity contribution < 1.29 is 9.90 Å². The number of nitrogens with zero attached hydrogens (tertiary/aromatic N) is 3. The van der Waals surface area contributed by atoms with Crippen molar-refractivity contribution in [1.82, 2.24) is 14.5 Å². The molecule has 2 aromatic carbocycles. The number of hydrogen-bond donors (Lipinski definition) is 1. The van der Waals surface area contributed by atoms with Gasteiger partial charge in [-0.15, -0.1) is 0 Å². The average molecular weight is 370 g/mol. The zero-order valence-corrected chi connectivity index (χ0v) is 15.1. The summed E-state index contributed by atoms with van der Waals surface area (Å²) in [6, 6.07) is 16.0. The van der Waals surface area contributed by atoms with Gasteiger partial charge in [0.25, 0.3) is 0 Å². The second-order valence-electron chi connectivity index (χ2n) is 6.79. The highest BCUT2D eigenvalue weighted by atomic mass is 35.5. The summed E-state index contributed by atoms with van der Waals surface area (Å²) >= 11 is 6.14. The Kier molecular flexibility index (Phi) is 4.66.